The van der Waals surface area contributed by atoms with Crippen molar-refractivity contribution in [3.05, 3.63) is 87.9 Å². The number of carbonyl (C=O) groups is 2. The van der Waals surface area contributed by atoms with Crippen LogP contribution in [0.4, 0.5) is 0 Å². The van der Waals surface area contributed by atoms with Crippen molar-refractivity contribution in [2.24, 2.45) is 0 Å². The number of hydrogen-bond acceptors (Lipinski definition) is 6. The fraction of sp³-hybridized carbons (Fsp3) is 0.0909. The van der Waals surface area contributed by atoms with E-state index in [2.05, 4.69) is 15.9 Å². The number of fused-ring (bicyclic) bond motifs is 2. The summed E-state index contributed by atoms with van der Waals surface area (Å²) in [6.07, 6.45) is 0. The zero-order valence-electron chi connectivity index (χ0n) is 15.5. The van der Waals surface area contributed by atoms with E-state index in [1.807, 2.05) is 12.1 Å². The topological polar surface area (TPSA) is 86.7 Å². The van der Waals surface area contributed by atoms with Gasteiger partial charge in [0, 0.05) is 15.6 Å². The molecule has 0 unspecified atom stereocenters. The zero-order valence-corrected chi connectivity index (χ0v) is 17.9. The number of ether oxygens (including phenoxy) is 2. The predicted octanol–water partition coefficient (Wildman–Crippen LogP) is 4.06. The van der Waals surface area contributed by atoms with E-state index < -0.39 is 21.6 Å². The van der Waals surface area contributed by atoms with Crippen molar-refractivity contribution in [2.45, 2.75) is 9.79 Å². The Balaban J connectivity index is 1.48. The normalized spacial score (nSPS) is 13.8. The highest BCUT2D eigenvalue weighted by atomic mass is 79.9. The van der Waals surface area contributed by atoms with Crippen molar-refractivity contribution in [2.75, 3.05) is 13.2 Å². The molecule has 0 saturated heterocycles. The summed E-state index contributed by atoms with van der Waals surface area (Å²) in [7, 11) is -3.91. The third-order valence-electron chi connectivity index (χ3n) is 4.57. The smallest absolute Gasteiger partial charge is 0.338 e. The maximum Gasteiger partial charge on any atom is 0.338 e. The average Bonchev–Trinajstić information content (AvgIpc) is 2.76. The van der Waals surface area contributed by atoms with E-state index in [9.17, 15) is 18.0 Å². The van der Waals surface area contributed by atoms with E-state index in [1.165, 1.54) is 30.3 Å². The number of hydrogen-bond donors (Lipinski definition) is 0. The molecular weight excluding hydrogens is 472 g/mol. The van der Waals surface area contributed by atoms with Gasteiger partial charge in [-0.25, -0.2) is 13.2 Å². The van der Waals surface area contributed by atoms with Gasteiger partial charge in [-0.05, 0) is 54.6 Å². The molecule has 0 bridgehead atoms. The van der Waals surface area contributed by atoms with Crippen molar-refractivity contribution < 1.29 is 27.5 Å². The molecule has 1 heterocycles. The first-order chi connectivity index (χ1) is 14.4. The molecular formula is C22H15BrO6S. The molecule has 30 heavy (non-hydrogen) atoms. The van der Waals surface area contributed by atoms with Crippen molar-refractivity contribution in [3.8, 4) is 5.75 Å². The zero-order chi connectivity index (χ0) is 21.3. The van der Waals surface area contributed by atoms with Gasteiger partial charge in [0.2, 0.25) is 9.84 Å². The molecule has 3 aromatic carbocycles. The van der Waals surface area contributed by atoms with Crippen molar-refractivity contribution in [3.63, 3.8) is 0 Å². The van der Waals surface area contributed by atoms with Gasteiger partial charge in [-0.3, -0.25) is 4.79 Å². The monoisotopic (exact) mass is 486 g/mol. The third kappa shape index (κ3) is 3.76. The largest absolute Gasteiger partial charge is 0.490 e. The van der Waals surface area contributed by atoms with Crippen LogP contribution in [0.1, 0.15) is 26.3 Å². The second kappa shape index (κ2) is 8.04. The maximum atomic E-state index is 12.9. The Hall–Kier alpha value is -2.97. The number of ketones is 1. The summed E-state index contributed by atoms with van der Waals surface area (Å²) >= 11 is 3.33. The molecule has 3 aromatic rings. The Kier molecular flexibility index (Phi) is 5.44. The summed E-state index contributed by atoms with van der Waals surface area (Å²) in [6, 6.07) is 17.2. The van der Waals surface area contributed by atoms with Gasteiger partial charge in [0.1, 0.15) is 19.0 Å². The summed E-state index contributed by atoms with van der Waals surface area (Å²) in [5.41, 5.74) is 0.224. The third-order valence-corrected chi connectivity index (χ3v) is 6.95. The Labute approximate surface area is 181 Å². The molecule has 4 rings (SSSR count). The Morgan fingerprint density at radius 3 is 2.33 bits per heavy atom. The molecule has 0 fully saturated rings. The van der Waals surface area contributed by atoms with Crippen LogP contribution >= 0.6 is 15.9 Å². The quantitative estimate of drug-likeness (QED) is 0.312. The fourth-order valence-electron chi connectivity index (χ4n) is 3.12. The van der Waals surface area contributed by atoms with Crippen LogP contribution in [-0.2, 0) is 14.6 Å². The highest BCUT2D eigenvalue weighted by Crippen LogP contribution is 2.34. The van der Waals surface area contributed by atoms with Gasteiger partial charge in [0.05, 0.1) is 15.4 Å². The number of halogens is 1. The van der Waals surface area contributed by atoms with Crippen LogP contribution in [0.3, 0.4) is 0 Å². The van der Waals surface area contributed by atoms with Crippen molar-refractivity contribution in [1.29, 1.82) is 0 Å². The lowest BCUT2D eigenvalue weighted by molar-refractivity contribution is 0.0450. The van der Waals surface area contributed by atoms with Crippen LogP contribution < -0.4 is 4.74 Å². The van der Waals surface area contributed by atoms with Crippen LogP contribution in [0.25, 0.3) is 0 Å². The molecule has 152 valence electrons. The van der Waals surface area contributed by atoms with Crippen molar-refractivity contribution in [1.82, 2.24) is 0 Å². The van der Waals surface area contributed by atoms with E-state index in [0.717, 1.165) is 4.47 Å². The van der Waals surface area contributed by atoms with E-state index in [1.54, 1.807) is 24.3 Å². The minimum atomic E-state index is -3.91. The summed E-state index contributed by atoms with van der Waals surface area (Å²) in [5, 5.41) is 0. The number of benzene rings is 3. The van der Waals surface area contributed by atoms with Crippen LogP contribution in [-0.4, -0.2) is 33.4 Å². The second-order valence-corrected chi connectivity index (χ2v) is 9.28. The average molecular weight is 487 g/mol. The number of esters is 1. The lowest BCUT2D eigenvalue weighted by atomic mass is 10.0. The molecule has 8 heteroatoms. The van der Waals surface area contributed by atoms with Gasteiger partial charge in [0.25, 0.3) is 0 Å². The second-order valence-electron chi connectivity index (χ2n) is 6.48. The summed E-state index contributed by atoms with van der Waals surface area (Å²) in [5.74, 6) is -0.455. The van der Waals surface area contributed by atoms with Crippen LogP contribution in [0.15, 0.2) is 81.0 Å². The Morgan fingerprint density at radius 1 is 0.867 bits per heavy atom. The van der Waals surface area contributed by atoms with Crippen LogP contribution in [0, 0.1) is 0 Å². The fourth-order valence-corrected chi connectivity index (χ4v) is 5.06. The molecule has 0 aromatic heterocycles. The molecule has 0 aliphatic carbocycles. The minimum absolute atomic E-state index is 0.0134. The molecule has 0 radical (unpaired) electrons. The lowest BCUT2D eigenvalue weighted by Crippen LogP contribution is -2.21. The highest BCUT2D eigenvalue weighted by Gasteiger charge is 2.35. The highest BCUT2D eigenvalue weighted by molar-refractivity contribution is 9.10. The van der Waals surface area contributed by atoms with Crippen LogP contribution in [0.2, 0.25) is 0 Å². The standard InChI is InChI=1S/C22H15BrO6S/c23-15-6-8-16(9-7-15)28-11-12-29-22(25)14-5-10-18-20(13-14)30(26,27)19-4-2-1-3-17(19)21(18)24/h1-10,13H,11-12H2. The minimum Gasteiger partial charge on any atom is -0.490 e. The van der Waals surface area contributed by atoms with Gasteiger partial charge < -0.3 is 9.47 Å². The molecule has 0 atom stereocenters. The number of sulfone groups is 1. The van der Waals surface area contributed by atoms with Gasteiger partial charge in [0.15, 0.2) is 5.78 Å². The lowest BCUT2D eigenvalue weighted by Gasteiger charge is -2.19. The molecule has 0 amide bonds. The molecule has 0 saturated carbocycles. The van der Waals surface area contributed by atoms with Crippen LogP contribution in [0.5, 0.6) is 5.75 Å². The predicted molar refractivity (Wildman–Crippen MR) is 112 cm³/mol. The van der Waals surface area contributed by atoms with Crippen molar-refractivity contribution >= 4 is 37.5 Å². The SMILES string of the molecule is O=C(OCCOc1ccc(Br)cc1)c1ccc2c(c1)S(=O)(=O)c1ccccc1C2=O. The summed E-state index contributed by atoms with van der Waals surface area (Å²) in [6.45, 7) is 0.128. The first-order valence-corrected chi connectivity index (χ1v) is 11.2. The van der Waals surface area contributed by atoms with E-state index in [-0.39, 0.29) is 39.7 Å². The number of carbonyl (C=O) groups excluding carboxylic acids is 2. The van der Waals surface area contributed by atoms with E-state index >= 15 is 0 Å². The van der Waals surface area contributed by atoms with Gasteiger partial charge in [-0.2, -0.15) is 0 Å². The Morgan fingerprint density at radius 2 is 1.57 bits per heavy atom. The van der Waals surface area contributed by atoms with Gasteiger partial charge >= 0.3 is 5.97 Å². The van der Waals surface area contributed by atoms with E-state index in [4.69, 9.17) is 9.47 Å². The van der Waals surface area contributed by atoms with Gasteiger partial charge in [-0.1, -0.05) is 28.1 Å². The number of rotatable bonds is 5. The molecule has 0 spiro atoms. The van der Waals surface area contributed by atoms with E-state index in [0.29, 0.717) is 5.75 Å². The summed E-state index contributed by atoms with van der Waals surface area (Å²) in [4.78, 5) is 24.8. The summed E-state index contributed by atoms with van der Waals surface area (Å²) < 4.78 is 37.4. The molecule has 1 aliphatic heterocycles. The Bertz CT molecular complexity index is 1250. The van der Waals surface area contributed by atoms with Gasteiger partial charge in [-0.15, -0.1) is 0 Å². The first kappa shape index (κ1) is 20.3. The first-order valence-electron chi connectivity index (χ1n) is 8.96. The maximum absolute atomic E-state index is 12.9. The molecule has 6 nitrogen and oxygen atoms in total. The molecule has 1 aliphatic rings. The molecule has 0 N–H and O–H groups in total.